The molecule has 0 saturated carbocycles. The number of carbonyl (C=O) groups excluding carboxylic acids is 1. The Kier molecular flexibility index (Phi) is 6.10. The van der Waals surface area contributed by atoms with Gasteiger partial charge in [0.05, 0.1) is 7.05 Å². The van der Waals surface area contributed by atoms with Gasteiger partial charge in [-0.05, 0) is 18.2 Å². The van der Waals surface area contributed by atoms with Crippen molar-refractivity contribution in [1.29, 1.82) is 0 Å². The van der Waals surface area contributed by atoms with Gasteiger partial charge in [0, 0.05) is 22.1 Å². The molecule has 2 N–H and O–H groups in total. The molecule has 0 spiro atoms. The molecule has 0 aliphatic carbocycles. The molecule has 0 bridgehead atoms. The summed E-state index contributed by atoms with van der Waals surface area (Å²) in [5.74, 6) is -0.378. The summed E-state index contributed by atoms with van der Waals surface area (Å²) in [6.07, 6.45) is 0. The zero-order chi connectivity index (χ0) is 15.9. The SMILES string of the molecule is C[NH+](CC(=O)NCc1ccccc1F)Cc1ccc(Br)cc1. The number of quaternary nitrogens is 1. The predicted octanol–water partition coefficient (Wildman–Crippen LogP) is 1.92. The molecule has 1 amide bonds. The second-order valence-corrected chi connectivity index (χ2v) is 6.22. The number of benzene rings is 2. The van der Waals surface area contributed by atoms with Crippen molar-refractivity contribution in [2.75, 3.05) is 13.6 Å². The van der Waals surface area contributed by atoms with Crippen molar-refractivity contribution in [3.05, 3.63) is 69.9 Å². The van der Waals surface area contributed by atoms with Crippen LogP contribution in [0.2, 0.25) is 0 Å². The van der Waals surface area contributed by atoms with Crippen LogP contribution in [-0.2, 0) is 17.9 Å². The van der Waals surface area contributed by atoms with Crippen molar-refractivity contribution in [1.82, 2.24) is 5.32 Å². The van der Waals surface area contributed by atoms with Gasteiger partial charge in [0.1, 0.15) is 12.4 Å². The zero-order valence-corrected chi connectivity index (χ0v) is 14.0. The van der Waals surface area contributed by atoms with Crippen LogP contribution in [0.1, 0.15) is 11.1 Å². The average Bonchev–Trinajstić information content (AvgIpc) is 2.49. The Morgan fingerprint density at radius 1 is 1.18 bits per heavy atom. The Balaban J connectivity index is 1.79. The Labute approximate surface area is 138 Å². The number of carbonyl (C=O) groups is 1. The van der Waals surface area contributed by atoms with E-state index in [4.69, 9.17) is 0 Å². The monoisotopic (exact) mass is 365 g/mol. The topological polar surface area (TPSA) is 33.5 Å². The van der Waals surface area contributed by atoms with E-state index in [2.05, 4.69) is 21.2 Å². The maximum atomic E-state index is 13.5. The third-order valence-electron chi connectivity index (χ3n) is 3.32. The van der Waals surface area contributed by atoms with Gasteiger partial charge >= 0.3 is 0 Å². The lowest BCUT2D eigenvalue weighted by Gasteiger charge is -2.14. The highest BCUT2D eigenvalue weighted by molar-refractivity contribution is 9.10. The van der Waals surface area contributed by atoms with Gasteiger partial charge in [-0.1, -0.05) is 46.3 Å². The summed E-state index contributed by atoms with van der Waals surface area (Å²) in [5, 5.41) is 2.76. The highest BCUT2D eigenvalue weighted by Crippen LogP contribution is 2.09. The number of nitrogens with one attached hydrogen (secondary N) is 2. The van der Waals surface area contributed by atoms with Gasteiger partial charge in [0.25, 0.3) is 5.91 Å². The number of halogens is 2. The molecule has 2 aromatic carbocycles. The summed E-state index contributed by atoms with van der Waals surface area (Å²) in [5.41, 5.74) is 1.67. The van der Waals surface area contributed by atoms with Crippen molar-refractivity contribution >= 4 is 21.8 Å². The molecule has 2 aromatic rings. The van der Waals surface area contributed by atoms with Gasteiger partial charge in [-0.15, -0.1) is 0 Å². The molecule has 0 heterocycles. The first-order valence-corrected chi connectivity index (χ1v) is 7.90. The minimum Gasteiger partial charge on any atom is -0.347 e. The fourth-order valence-corrected chi connectivity index (χ4v) is 2.45. The fraction of sp³-hybridized carbons (Fsp3) is 0.235. The Hall–Kier alpha value is -1.72. The van der Waals surface area contributed by atoms with E-state index in [0.717, 1.165) is 15.9 Å². The van der Waals surface area contributed by atoms with Crippen LogP contribution < -0.4 is 10.2 Å². The number of rotatable bonds is 6. The maximum absolute atomic E-state index is 13.5. The van der Waals surface area contributed by atoms with E-state index in [-0.39, 0.29) is 18.3 Å². The van der Waals surface area contributed by atoms with Gasteiger partial charge in [-0.2, -0.15) is 0 Å². The minimum absolute atomic E-state index is 0.0853. The van der Waals surface area contributed by atoms with Crippen molar-refractivity contribution in [3.63, 3.8) is 0 Å². The summed E-state index contributed by atoms with van der Waals surface area (Å²) in [7, 11) is 1.96. The average molecular weight is 366 g/mol. The zero-order valence-electron chi connectivity index (χ0n) is 12.4. The van der Waals surface area contributed by atoms with Crippen molar-refractivity contribution in [3.8, 4) is 0 Å². The standard InChI is InChI=1S/C17H18BrFN2O/c1-21(11-13-6-8-15(18)9-7-13)12-17(22)20-10-14-4-2-3-5-16(14)19/h2-9H,10-12H2,1H3,(H,20,22)/p+1. The molecule has 3 nitrogen and oxygen atoms in total. The van der Waals surface area contributed by atoms with Crippen LogP contribution in [-0.4, -0.2) is 19.5 Å². The van der Waals surface area contributed by atoms with E-state index in [0.29, 0.717) is 12.1 Å². The first kappa shape index (κ1) is 16.6. The molecule has 2 rings (SSSR count). The van der Waals surface area contributed by atoms with Crippen molar-refractivity contribution < 1.29 is 14.1 Å². The van der Waals surface area contributed by atoms with Crippen LogP contribution in [0.5, 0.6) is 0 Å². The van der Waals surface area contributed by atoms with Gasteiger partial charge in [-0.3, -0.25) is 4.79 Å². The maximum Gasteiger partial charge on any atom is 0.275 e. The van der Waals surface area contributed by atoms with E-state index in [1.165, 1.54) is 11.6 Å². The normalized spacial score (nSPS) is 12.0. The van der Waals surface area contributed by atoms with Gasteiger partial charge < -0.3 is 10.2 Å². The lowest BCUT2D eigenvalue weighted by atomic mass is 10.2. The smallest absolute Gasteiger partial charge is 0.275 e. The molecule has 0 aliphatic rings. The molecule has 0 radical (unpaired) electrons. The number of hydrogen-bond acceptors (Lipinski definition) is 1. The third kappa shape index (κ3) is 5.24. The third-order valence-corrected chi connectivity index (χ3v) is 3.84. The molecule has 116 valence electrons. The first-order chi connectivity index (χ1) is 10.5. The number of likely N-dealkylation sites (N-methyl/N-ethyl adjacent to an activating group) is 1. The van der Waals surface area contributed by atoms with E-state index >= 15 is 0 Å². The van der Waals surface area contributed by atoms with E-state index < -0.39 is 0 Å². The van der Waals surface area contributed by atoms with Crippen molar-refractivity contribution in [2.45, 2.75) is 13.1 Å². The second kappa shape index (κ2) is 8.06. The highest BCUT2D eigenvalue weighted by Gasteiger charge is 2.11. The second-order valence-electron chi connectivity index (χ2n) is 5.31. The van der Waals surface area contributed by atoms with Crippen LogP contribution in [0.25, 0.3) is 0 Å². The van der Waals surface area contributed by atoms with Crippen molar-refractivity contribution in [2.24, 2.45) is 0 Å². The summed E-state index contributed by atoms with van der Waals surface area (Å²) >= 11 is 3.40. The van der Waals surface area contributed by atoms with Crippen LogP contribution in [0.4, 0.5) is 4.39 Å². The Morgan fingerprint density at radius 2 is 1.86 bits per heavy atom. The molecule has 5 heteroatoms. The lowest BCUT2D eigenvalue weighted by Crippen LogP contribution is -3.08. The highest BCUT2D eigenvalue weighted by atomic mass is 79.9. The quantitative estimate of drug-likeness (QED) is 0.805. The van der Waals surface area contributed by atoms with Crippen LogP contribution >= 0.6 is 15.9 Å². The summed E-state index contributed by atoms with van der Waals surface area (Å²) in [6.45, 7) is 1.34. The molecule has 0 aromatic heterocycles. The molecule has 1 unspecified atom stereocenters. The summed E-state index contributed by atoms with van der Waals surface area (Å²) in [6, 6.07) is 14.5. The van der Waals surface area contributed by atoms with E-state index in [1.54, 1.807) is 18.2 Å². The summed E-state index contributed by atoms with van der Waals surface area (Å²) in [4.78, 5) is 13.0. The fourth-order valence-electron chi connectivity index (χ4n) is 2.19. The van der Waals surface area contributed by atoms with E-state index in [1.807, 2.05) is 31.3 Å². The molecule has 0 aliphatic heterocycles. The molecule has 0 saturated heterocycles. The lowest BCUT2D eigenvalue weighted by molar-refractivity contribution is -0.885. The Bertz CT molecular complexity index is 631. The molecule has 0 fully saturated rings. The van der Waals surface area contributed by atoms with Gasteiger partial charge in [0.15, 0.2) is 6.54 Å². The Morgan fingerprint density at radius 3 is 2.55 bits per heavy atom. The van der Waals surface area contributed by atoms with Gasteiger partial charge in [-0.25, -0.2) is 4.39 Å². The summed E-state index contributed by atoms with van der Waals surface area (Å²) < 4.78 is 14.5. The van der Waals surface area contributed by atoms with Crippen LogP contribution in [0, 0.1) is 5.82 Å². The first-order valence-electron chi connectivity index (χ1n) is 7.10. The number of amides is 1. The molecule has 1 atom stereocenters. The minimum atomic E-state index is -0.293. The van der Waals surface area contributed by atoms with Crippen LogP contribution in [0.15, 0.2) is 53.0 Å². The molecule has 22 heavy (non-hydrogen) atoms. The van der Waals surface area contributed by atoms with Gasteiger partial charge in [0.2, 0.25) is 0 Å². The van der Waals surface area contributed by atoms with Crippen LogP contribution in [0.3, 0.4) is 0 Å². The molecular weight excluding hydrogens is 347 g/mol. The van der Waals surface area contributed by atoms with E-state index in [9.17, 15) is 9.18 Å². The predicted molar refractivity (Wildman–Crippen MR) is 87.8 cm³/mol. The molecular formula is C17H19BrFN2O+. The number of hydrogen-bond donors (Lipinski definition) is 2. The largest absolute Gasteiger partial charge is 0.347 e.